The fourth-order valence-electron chi connectivity index (χ4n) is 1.73. The Morgan fingerprint density at radius 1 is 0.905 bits per heavy atom. The zero-order valence-corrected chi connectivity index (χ0v) is 13.4. The van der Waals surface area contributed by atoms with Gasteiger partial charge < -0.3 is 5.11 Å². The first kappa shape index (κ1) is 16.2. The molecule has 108 valence electrons. The van der Waals surface area contributed by atoms with Gasteiger partial charge in [0, 0.05) is 21.7 Å². The van der Waals surface area contributed by atoms with Gasteiger partial charge >= 0.3 is 5.97 Å². The first-order chi connectivity index (χ1) is 9.88. The number of halogens is 4. The second-order valence-corrected chi connectivity index (χ2v) is 5.78. The van der Waals surface area contributed by atoms with Gasteiger partial charge in [0.2, 0.25) is 0 Å². The molecular weight excluding hydrogens is 354 g/mol. The zero-order valence-electron chi connectivity index (χ0n) is 10.4. The molecule has 0 aliphatic carbocycles. The van der Waals surface area contributed by atoms with E-state index in [0.717, 1.165) is 11.6 Å². The first-order valence-electron chi connectivity index (χ1n) is 5.74. The molecule has 2 rings (SSSR count). The van der Waals surface area contributed by atoms with Crippen molar-refractivity contribution >= 4 is 58.4 Å². The Labute approximate surface area is 141 Å². The van der Waals surface area contributed by atoms with Gasteiger partial charge in [-0.25, -0.2) is 4.79 Å². The normalized spacial score (nSPS) is 11.0. The second kappa shape index (κ2) is 6.71. The predicted octanol–water partition coefficient (Wildman–Crippen LogP) is 6.07. The lowest BCUT2D eigenvalue weighted by atomic mass is 10.0. The molecule has 0 aromatic heterocycles. The second-order valence-electron chi connectivity index (χ2n) is 4.15. The lowest BCUT2D eigenvalue weighted by Gasteiger charge is -2.08. The number of hydrogen-bond acceptors (Lipinski definition) is 1. The molecule has 21 heavy (non-hydrogen) atoms. The molecule has 0 saturated carbocycles. The van der Waals surface area contributed by atoms with Crippen LogP contribution in [0.1, 0.15) is 5.56 Å². The molecule has 6 heteroatoms. The summed E-state index contributed by atoms with van der Waals surface area (Å²) >= 11 is 24.2. The van der Waals surface area contributed by atoms with Crippen molar-refractivity contribution in [3.05, 3.63) is 62.1 Å². The van der Waals surface area contributed by atoms with E-state index in [1.165, 1.54) is 6.08 Å². The molecule has 0 atom stereocenters. The Morgan fingerprint density at radius 2 is 1.57 bits per heavy atom. The standard InChI is InChI=1S/C15H8Cl4O2/c16-11-5-9(2-1-8(11)3-4-15(20)21)10-6-13(18)14(19)7-12(10)17/h1-7H,(H,20,21)/b4-3+. The lowest BCUT2D eigenvalue weighted by Crippen LogP contribution is -1.87. The van der Waals surface area contributed by atoms with E-state index in [-0.39, 0.29) is 0 Å². The van der Waals surface area contributed by atoms with Crippen LogP contribution in [0.5, 0.6) is 0 Å². The third-order valence-electron chi connectivity index (χ3n) is 2.73. The summed E-state index contributed by atoms with van der Waals surface area (Å²) in [6.45, 7) is 0. The van der Waals surface area contributed by atoms with Crippen LogP contribution >= 0.6 is 46.4 Å². The maximum Gasteiger partial charge on any atom is 0.328 e. The Bertz CT molecular complexity index is 739. The molecular formula is C15H8Cl4O2. The summed E-state index contributed by atoms with van der Waals surface area (Å²) in [4.78, 5) is 10.5. The molecule has 2 aromatic rings. The van der Waals surface area contributed by atoms with Crippen LogP contribution in [0.25, 0.3) is 17.2 Å². The van der Waals surface area contributed by atoms with Crippen molar-refractivity contribution in [3.63, 3.8) is 0 Å². The Balaban J connectivity index is 2.45. The maximum atomic E-state index is 10.5. The predicted molar refractivity (Wildman–Crippen MR) is 88.6 cm³/mol. The van der Waals surface area contributed by atoms with Crippen molar-refractivity contribution in [1.29, 1.82) is 0 Å². The number of carbonyl (C=O) groups is 1. The SMILES string of the molecule is O=C(O)/C=C/c1ccc(-c2cc(Cl)c(Cl)cc2Cl)cc1Cl. The molecule has 0 amide bonds. The van der Waals surface area contributed by atoms with Crippen LogP contribution in [-0.2, 0) is 4.79 Å². The highest BCUT2D eigenvalue weighted by Crippen LogP contribution is 2.36. The number of rotatable bonds is 3. The molecule has 0 spiro atoms. The molecule has 2 aromatic carbocycles. The van der Waals surface area contributed by atoms with E-state index in [4.69, 9.17) is 51.5 Å². The van der Waals surface area contributed by atoms with Gasteiger partial charge in [0.25, 0.3) is 0 Å². The Hall–Kier alpha value is -1.19. The van der Waals surface area contributed by atoms with Crippen LogP contribution in [0, 0.1) is 0 Å². The van der Waals surface area contributed by atoms with Crippen LogP contribution < -0.4 is 0 Å². The van der Waals surface area contributed by atoms with Gasteiger partial charge in [-0.15, -0.1) is 0 Å². The summed E-state index contributed by atoms with van der Waals surface area (Å²) in [6.07, 6.45) is 2.44. The average Bonchev–Trinajstić information content (AvgIpc) is 2.41. The largest absolute Gasteiger partial charge is 0.478 e. The van der Waals surface area contributed by atoms with Crippen molar-refractivity contribution in [2.24, 2.45) is 0 Å². The van der Waals surface area contributed by atoms with Crippen LogP contribution in [0.2, 0.25) is 20.1 Å². The number of hydrogen-bond donors (Lipinski definition) is 1. The molecule has 0 saturated heterocycles. The van der Waals surface area contributed by atoms with Gasteiger partial charge in [-0.1, -0.05) is 58.5 Å². The number of benzene rings is 2. The third kappa shape index (κ3) is 3.92. The lowest BCUT2D eigenvalue weighted by molar-refractivity contribution is -0.131. The van der Waals surface area contributed by atoms with Crippen LogP contribution in [0.4, 0.5) is 0 Å². The summed E-state index contributed by atoms with van der Waals surface area (Å²) in [6, 6.07) is 8.39. The van der Waals surface area contributed by atoms with Gasteiger partial charge in [0.1, 0.15) is 0 Å². The minimum Gasteiger partial charge on any atom is -0.478 e. The van der Waals surface area contributed by atoms with Crippen molar-refractivity contribution in [3.8, 4) is 11.1 Å². The fraction of sp³-hybridized carbons (Fsp3) is 0. The van der Waals surface area contributed by atoms with Gasteiger partial charge in [-0.3, -0.25) is 0 Å². The minimum absolute atomic E-state index is 0.373. The molecule has 0 radical (unpaired) electrons. The molecule has 0 heterocycles. The zero-order chi connectivity index (χ0) is 15.6. The minimum atomic E-state index is -1.04. The molecule has 2 nitrogen and oxygen atoms in total. The summed E-state index contributed by atoms with van der Waals surface area (Å²) in [5.41, 5.74) is 2.05. The van der Waals surface area contributed by atoms with E-state index >= 15 is 0 Å². The van der Waals surface area contributed by atoms with Crippen LogP contribution in [-0.4, -0.2) is 11.1 Å². The summed E-state index contributed by atoms with van der Waals surface area (Å²) in [7, 11) is 0. The maximum absolute atomic E-state index is 10.5. The number of carboxylic acid groups (broad SMARTS) is 1. The molecule has 0 fully saturated rings. The molecule has 0 aliphatic rings. The van der Waals surface area contributed by atoms with E-state index in [2.05, 4.69) is 0 Å². The quantitative estimate of drug-likeness (QED) is 0.532. The van der Waals surface area contributed by atoms with E-state index in [1.54, 1.807) is 30.3 Å². The topological polar surface area (TPSA) is 37.3 Å². The third-order valence-corrected chi connectivity index (χ3v) is 4.09. The first-order valence-corrected chi connectivity index (χ1v) is 7.25. The van der Waals surface area contributed by atoms with Crippen molar-refractivity contribution < 1.29 is 9.90 Å². The van der Waals surface area contributed by atoms with E-state index in [0.29, 0.717) is 31.2 Å². The highest BCUT2D eigenvalue weighted by Gasteiger charge is 2.09. The molecule has 1 N–H and O–H groups in total. The fourth-order valence-corrected chi connectivity index (χ4v) is 2.63. The molecule has 0 unspecified atom stereocenters. The number of aliphatic carboxylic acids is 1. The highest BCUT2D eigenvalue weighted by atomic mass is 35.5. The average molecular weight is 362 g/mol. The molecule has 0 aliphatic heterocycles. The van der Waals surface area contributed by atoms with E-state index in [9.17, 15) is 4.79 Å². The van der Waals surface area contributed by atoms with E-state index in [1.807, 2.05) is 0 Å². The number of carboxylic acids is 1. The van der Waals surface area contributed by atoms with Gasteiger partial charge in [-0.05, 0) is 35.4 Å². The summed E-state index contributed by atoms with van der Waals surface area (Å²) < 4.78 is 0. The Morgan fingerprint density at radius 3 is 2.19 bits per heavy atom. The van der Waals surface area contributed by atoms with Gasteiger partial charge in [0.05, 0.1) is 10.0 Å². The van der Waals surface area contributed by atoms with Gasteiger partial charge in [-0.2, -0.15) is 0 Å². The highest BCUT2D eigenvalue weighted by molar-refractivity contribution is 6.44. The van der Waals surface area contributed by atoms with Crippen molar-refractivity contribution in [2.75, 3.05) is 0 Å². The summed E-state index contributed by atoms with van der Waals surface area (Å²) in [5, 5.41) is 10.2. The smallest absolute Gasteiger partial charge is 0.328 e. The van der Waals surface area contributed by atoms with Crippen molar-refractivity contribution in [1.82, 2.24) is 0 Å². The molecule has 0 bridgehead atoms. The van der Waals surface area contributed by atoms with Crippen LogP contribution in [0.3, 0.4) is 0 Å². The van der Waals surface area contributed by atoms with Gasteiger partial charge in [0.15, 0.2) is 0 Å². The summed E-state index contributed by atoms with van der Waals surface area (Å²) in [5.74, 6) is -1.04. The van der Waals surface area contributed by atoms with Crippen LogP contribution in [0.15, 0.2) is 36.4 Å². The Kier molecular flexibility index (Phi) is 5.17. The monoisotopic (exact) mass is 360 g/mol. The van der Waals surface area contributed by atoms with E-state index < -0.39 is 5.97 Å². The van der Waals surface area contributed by atoms with Crippen molar-refractivity contribution in [2.45, 2.75) is 0 Å².